The van der Waals surface area contributed by atoms with E-state index in [0.717, 1.165) is 25.7 Å². The molecule has 0 rings (SSSR count). The zero-order valence-electron chi connectivity index (χ0n) is 15.5. The standard InChI is InChI=1S/C19H37NO3/c1-4-6-8-9-10-11-12-13-14-15-18(21)23-17(3)19(22)20-16-7-5-2/h17H,4-16H2,1-3H3,(H,20,22). The Morgan fingerprint density at radius 3 is 1.91 bits per heavy atom. The van der Waals surface area contributed by atoms with E-state index in [1.165, 1.54) is 44.9 Å². The van der Waals surface area contributed by atoms with Gasteiger partial charge in [-0.05, 0) is 19.8 Å². The molecule has 0 saturated carbocycles. The summed E-state index contributed by atoms with van der Waals surface area (Å²) in [4.78, 5) is 23.4. The summed E-state index contributed by atoms with van der Waals surface area (Å²) in [5, 5.41) is 2.78. The van der Waals surface area contributed by atoms with E-state index in [1.807, 2.05) is 0 Å². The number of ether oxygens (including phenoxy) is 1. The van der Waals surface area contributed by atoms with Gasteiger partial charge in [0.25, 0.3) is 5.91 Å². The first-order valence-corrected chi connectivity index (χ1v) is 9.59. The second kappa shape index (κ2) is 15.8. The second-order valence-electron chi connectivity index (χ2n) is 6.36. The molecule has 136 valence electrons. The van der Waals surface area contributed by atoms with Crippen LogP contribution in [0.5, 0.6) is 0 Å². The average molecular weight is 328 g/mol. The number of nitrogens with one attached hydrogen (secondary N) is 1. The molecule has 1 atom stereocenters. The van der Waals surface area contributed by atoms with Crippen molar-refractivity contribution in [1.82, 2.24) is 5.32 Å². The predicted molar refractivity (Wildman–Crippen MR) is 95.3 cm³/mol. The van der Waals surface area contributed by atoms with Crippen molar-refractivity contribution in [3.8, 4) is 0 Å². The monoisotopic (exact) mass is 327 g/mol. The fourth-order valence-corrected chi connectivity index (χ4v) is 2.42. The van der Waals surface area contributed by atoms with Crippen molar-refractivity contribution in [2.45, 2.75) is 104 Å². The van der Waals surface area contributed by atoms with Crippen molar-refractivity contribution in [2.24, 2.45) is 0 Å². The van der Waals surface area contributed by atoms with Crippen LogP contribution in [0.3, 0.4) is 0 Å². The van der Waals surface area contributed by atoms with Crippen LogP contribution in [0.1, 0.15) is 97.8 Å². The van der Waals surface area contributed by atoms with Gasteiger partial charge in [0.1, 0.15) is 0 Å². The van der Waals surface area contributed by atoms with E-state index in [0.29, 0.717) is 13.0 Å². The van der Waals surface area contributed by atoms with E-state index in [2.05, 4.69) is 19.2 Å². The van der Waals surface area contributed by atoms with Gasteiger partial charge in [-0.3, -0.25) is 9.59 Å². The molecular weight excluding hydrogens is 290 g/mol. The molecule has 1 N–H and O–H groups in total. The third-order valence-electron chi connectivity index (χ3n) is 3.99. The van der Waals surface area contributed by atoms with Gasteiger partial charge < -0.3 is 10.1 Å². The van der Waals surface area contributed by atoms with Crippen LogP contribution < -0.4 is 5.32 Å². The molecule has 4 heteroatoms. The molecule has 0 saturated heterocycles. The minimum absolute atomic E-state index is 0.195. The van der Waals surface area contributed by atoms with E-state index in [-0.39, 0.29) is 11.9 Å². The smallest absolute Gasteiger partial charge is 0.306 e. The van der Waals surface area contributed by atoms with Crippen LogP contribution in [0.15, 0.2) is 0 Å². The Hall–Kier alpha value is -1.06. The van der Waals surface area contributed by atoms with Crippen LogP contribution in [0, 0.1) is 0 Å². The Bertz CT molecular complexity index is 305. The number of esters is 1. The lowest BCUT2D eigenvalue weighted by Gasteiger charge is -2.13. The van der Waals surface area contributed by atoms with Crippen LogP contribution in [0.4, 0.5) is 0 Å². The Morgan fingerprint density at radius 1 is 0.826 bits per heavy atom. The lowest BCUT2D eigenvalue weighted by Crippen LogP contribution is -2.36. The normalized spacial score (nSPS) is 12.0. The number of carbonyl (C=O) groups is 2. The van der Waals surface area contributed by atoms with E-state index in [9.17, 15) is 9.59 Å². The Kier molecular flexibility index (Phi) is 15.1. The molecule has 1 amide bonds. The molecule has 0 spiro atoms. The highest BCUT2D eigenvalue weighted by Gasteiger charge is 2.16. The molecule has 0 radical (unpaired) electrons. The quantitative estimate of drug-likeness (QED) is 0.349. The molecule has 0 fully saturated rings. The Balaban J connectivity index is 3.50. The molecule has 0 aromatic heterocycles. The highest BCUT2D eigenvalue weighted by molar-refractivity contribution is 5.83. The maximum absolute atomic E-state index is 11.7. The summed E-state index contributed by atoms with van der Waals surface area (Å²) in [5.74, 6) is -0.454. The number of carbonyl (C=O) groups excluding carboxylic acids is 2. The van der Waals surface area contributed by atoms with Crippen LogP contribution in [0.25, 0.3) is 0 Å². The molecule has 0 aliphatic rings. The fraction of sp³-hybridized carbons (Fsp3) is 0.895. The summed E-state index contributed by atoms with van der Waals surface area (Å²) in [6, 6.07) is 0. The zero-order valence-corrected chi connectivity index (χ0v) is 15.5. The predicted octanol–water partition coefficient (Wildman–Crippen LogP) is 4.76. The van der Waals surface area contributed by atoms with Crippen LogP contribution in [-0.4, -0.2) is 24.5 Å². The van der Waals surface area contributed by atoms with Crippen LogP contribution in [-0.2, 0) is 14.3 Å². The van der Waals surface area contributed by atoms with Crippen molar-refractivity contribution in [3.05, 3.63) is 0 Å². The molecule has 0 aliphatic carbocycles. The van der Waals surface area contributed by atoms with E-state index >= 15 is 0 Å². The van der Waals surface area contributed by atoms with Gasteiger partial charge in [0, 0.05) is 13.0 Å². The van der Waals surface area contributed by atoms with Gasteiger partial charge in [0.2, 0.25) is 0 Å². The molecule has 4 nitrogen and oxygen atoms in total. The summed E-state index contributed by atoms with van der Waals surface area (Å²) in [6.07, 6.45) is 12.7. The molecular formula is C19H37NO3. The highest BCUT2D eigenvalue weighted by atomic mass is 16.5. The maximum Gasteiger partial charge on any atom is 0.306 e. The van der Waals surface area contributed by atoms with E-state index < -0.39 is 6.10 Å². The minimum Gasteiger partial charge on any atom is -0.453 e. The largest absolute Gasteiger partial charge is 0.453 e. The fourth-order valence-electron chi connectivity index (χ4n) is 2.42. The Labute approximate surface area is 142 Å². The average Bonchev–Trinajstić information content (AvgIpc) is 2.53. The number of hydrogen-bond acceptors (Lipinski definition) is 3. The minimum atomic E-state index is -0.682. The number of unbranched alkanes of at least 4 members (excludes halogenated alkanes) is 9. The van der Waals surface area contributed by atoms with Gasteiger partial charge in [0.15, 0.2) is 6.10 Å². The van der Waals surface area contributed by atoms with Crippen LogP contribution in [0.2, 0.25) is 0 Å². The van der Waals surface area contributed by atoms with Gasteiger partial charge in [0.05, 0.1) is 0 Å². The molecule has 0 bridgehead atoms. The van der Waals surface area contributed by atoms with Crippen molar-refractivity contribution >= 4 is 11.9 Å². The topological polar surface area (TPSA) is 55.4 Å². The highest BCUT2D eigenvalue weighted by Crippen LogP contribution is 2.11. The van der Waals surface area contributed by atoms with Gasteiger partial charge in [-0.1, -0.05) is 71.6 Å². The summed E-state index contributed by atoms with van der Waals surface area (Å²) >= 11 is 0. The van der Waals surface area contributed by atoms with Crippen molar-refractivity contribution in [2.75, 3.05) is 6.54 Å². The SMILES string of the molecule is CCCCCCCCCCCC(=O)OC(C)C(=O)NCCCC. The Morgan fingerprint density at radius 2 is 1.35 bits per heavy atom. The summed E-state index contributed by atoms with van der Waals surface area (Å²) in [5.41, 5.74) is 0. The van der Waals surface area contributed by atoms with Gasteiger partial charge in [-0.25, -0.2) is 0 Å². The third kappa shape index (κ3) is 14.3. The van der Waals surface area contributed by atoms with Gasteiger partial charge in [-0.15, -0.1) is 0 Å². The molecule has 0 heterocycles. The van der Waals surface area contributed by atoms with E-state index in [4.69, 9.17) is 4.74 Å². The summed E-state index contributed by atoms with van der Waals surface area (Å²) in [6.45, 7) is 6.58. The molecule has 23 heavy (non-hydrogen) atoms. The number of hydrogen-bond donors (Lipinski definition) is 1. The van der Waals surface area contributed by atoms with Crippen molar-refractivity contribution in [3.63, 3.8) is 0 Å². The zero-order chi connectivity index (χ0) is 17.3. The first-order valence-electron chi connectivity index (χ1n) is 9.59. The first-order chi connectivity index (χ1) is 11.1. The molecule has 1 unspecified atom stereocenters. The lowest BCUT2D eigenvalue weighted by molar-refractivity contribution is -0.154. The molecule has 0 aromatic rings. The summed E-state index contributed by atoms with van der Waals surface area (Å²) < 4.78 is 5.16. The number of amides is 1. The second-order valence-corrected chi connectivity index (χ2v) is 6.36. The van der Waals surface area contributed by atoms with Crippen LogP contribution >= 0.6 is 0 Å². The lowest BCUT2D eigenvalue weighted by atomic mass is 10.1. The maximum atomic E-state index is 11.7. The molecule has 0 aromatic carbocycles. The first kappa shape index (κ1) is 21.9. The third-order valence-corrected chi connectivity index (χ3v) is 3.99. The van der Waals surface area contributed by atoms with Gasteiger partial charge >= 0.3 is 5.97 Å². The van der Waals surface area contributed by atoms with Crippen molar-refractivity contribution < 1.29 is 14.3 Å². The summed E-state index contributed by atoms with van der Waals surface area (Å²) in [7, 11) is 0. The van der Waals surface area contributed by atoms with Crippen molar-refractivity contribution in [1.29, 1.82) is 0 Å². The van der Waals surface area contributed by atoms with Gasteiger partial charge in [-0.2, -0.15) is 0 Å². The number of rotatable bonds is 15. The van der Waals surface area contributed by atoms with E-state index in [1.54, 1.807) is 6.92 Å². The molecule has 0 aliphatic heterocycles.